The third-order valence-corrected chi connectivity index (χ3v) is 4.82. The highest BCUT2D eigenvalue weighted by Crippen LogP contribution is 2.23. The molecule has 2 aliphatic heterocycles. The number of ether oxygens (including phenoxy) is 2. The fourth-order valence-electron chi connectivity index (χ4n) is 3.38. The molecule has 0 saturated carbocycles. The smallest absolute Gasteiger partial charge is 0.0635 e. The Bertz CT molecular complexity index is 339. The van der Waals surface area contributed by atoms with Crippen LogP contribution in [0.4, 0.5) is 0 Å². The largest absolute Gasteiger partial charge is 0.379 e. The van der Waals surface area contributed by atoms with Gasteiger partial charge in [0, 0.05) is 52.3 Å². The maximum atomic E-state index is 8.89. The fourth-order valence-corrected chi connectivity index (χ4v) is 3.38. The molecule has 0 radical (unpaired) electrons. The SMILES string of the molecule is CCC1CC(CN(CCC#N)CCN2CCOCC2)CCO1. The number of nitriles is 1. The second-order valence-electron chi connectivity index (χ2n) is 6.45. The van der Waals surface area contributed by atoms with Crippen LogP contribution >= 0.6 is 0 Å². The molecule has 5 heteroatoms. The quantitative estimate of drug-likeness (QED) is 0.683. The average molecular weight is 309 g/mol. The van der Waals surface area contributed by atoms with Gasteiger partial charge in [0.05, 0.1) is 25.4 Å². The predicted octanol–water partition coefficient (Wildman–Crippen LogP) is 1.74. The Morgan fingerprint density at radius 3 is 2.77 bits per heavy atom. The van der Waals surface area contributed by atoms with E-state index in [-0.39, 0.29) is 0 Å². The second-order valence-corrected chi connectivity index (χ2v) is 6.45. The lowest BCUT2D eigenvalue weighted by atomic mass is 9.93. The van der Waals surface area contributed by atoms with Crippen molar-refractivity contribution in [1.82, 2.24) is 9.80 Å². The zero-order valence-corrected chi connectivity index (χ0v) is 14.0. The van der Waals surface area contributed by atoms with E-state index in [1.165, 1.54) is 6.42 Å². The van der Waals surface area contributed by atoms with Crippen LogP contribution in [-0.2, 0) is 9.47 Å². The van der Waals surface area contributed by atoms with E-state index in [9.17, 15) is 0 Å². The Morgan fingerprint density at radius 1 is 1.23 bits per heavy atom. The molecule has 2 fully saturated rings. The molecular formula is C17H31N3O2. The lowest BCUT2D eigenvalue weighted by molar-refractivity contribution is -0.0190. The van der Waals surface area contributed by atoms with E-state index in [2.05, 4.69) is 22.8 Å². The van der Waals surface area contributed by atoms with E-state index in [0.29, 0.717) is 12.5 Å². The second kappa shape index (κ2) is 10.2. The molecule has 0 N–H and O–H groups in total. The Labute approximate surface area is 135 Å². The topological polar surface area (TPSA) is 48.7 Å². The van der Waals surface area contributed by atoms with Crippen molar-refractivity contribution in [2.75, 3.05) is 59.1 Å². The first kappa shape index (κ1) is 17.7. The van der Waals surface area contributed by atoms with Crippen LogP contribution in [0.25, 0.3) is 0 Å². The number of hydrogen-bond acceptors (Lipinski definition) is 5. The minimum absolute atomic E-state index is 0.441. The molecule has 22 heavy (non-hydrogen) atoms. The van der Waals surface area contributed by atoms with Crippen LogP contribution in [0.2, 0.25) is 0 Å². The van der Waals surface area contributed by atoms with Gasteiger partial charge in [0.15, 0.2) is 0 Å². The van der Waals surface area contributed by atoms with E-state index < -0.39 is 0 Å². The van der Waals surface area contributed by atoms with Gasteiger partial charge >= 0.3 is 0 Å². The molecule has 0 spiro atoms. The lowest BCUT2D eigenvalue weighted by Crippen LogP contribution is -2.43. The van der Waals surface area contributed by atoms with Gasteiger partial charge in [0.2, 0.25) is 0 Å². The fraction of sp³-hybridized carbons (Fsp3) is 0.941. The first-order valence-electron chi connectivity index (χ1n) is 8.82. The third kappa shape index (κ3) is 6.21. The van der Waals surface area contributed by atoms with Gasteiger partial charge in [-0.2, -0.15) is 5.26 Å². The van der Waals surface area contributed by atoms with Crippen LogP contribution in [-0.4, -0.2) is 75.0 Å². The molecule has 0 aromatic rings. The van der Waals surface area contributed by atoms with Gasteiger partial charge in [-0.05, 0) is 25.2 Å². The summed E-state index contributed by atoms with van der Waals surface area (Å²) in [6.07, 6.45) is 4.52. The van der Waals surface area contributed by atoms with Gasteiger partial charge in [0.25, 0.3) is 0 Å². The minimum Gasteiger partial charge on any atom is -0.379 e. The monoisotopic (exact) mass is 309 g/mol. The van der Waals surface area contributed by atoms with Crippen molar-refractivity contribution in [2.24, 2.45) is 5.92 Å². The maximum absolute atomic E-state index is 8.89. The molecule has 126 valence electrons. The van der Waals surface area contributed by atoms with Gasteiger partial charge < -0.3 is 14.4 Å². The van der Waals surface area contributed by atoms with Crippen LogP contribution in [0.3, 0.4) is 0 Å². The molecule has 5 nitrogen and oxygen atoms in total. The molecule has 0 amide bonds. The van der Waals surface area contributed by atoms with Crippen LogP contribution in [0.5, 0.6) is 0 Å². The third-order valence-electron chi connectivity index (χ3n) is 4.82. The summed E-state index contributed by atoms with van der Waals surface area (Å²) < 4.78 is 11.2. The van der Waals surface area contributed by atoms with Crippen molar-refractivity contribution in [1.29, 1.82) is 5.26 Å². The summed E-state index contributed by atoms with van der Waals surface area (Å²) in [5, 5.41) is 8.89. The van der Waals surface area contributed by atoms with Crippen LogP contribution in [0, 0.1) is 17.2 Å². The van der Waals surface area contributed by atoms with Gasteiger partial charge in [0.1, 0.15) is 0 Å². The Hall–Kier alpha value is -0.670. The van der Waals surface area contributed by atoms with Crippen molar-refractivity contribution < 1.29 is 9.47 Å². The van der Waals surface area contributed by atoms with E-state index in [1.54, 1.807) is 0 Å². The molecule has 2 unspecified atom stereocenters. The maximum Gasteiger partial charge on any atom is 0.0635 e. The van der Waals surface area contributed by atoms with Gasteiger partial charge in [-0.3, -0.25) is 4.90 Å². The molecule has 2 aliphatic rings. The molecule has 0 aliphatic carbocycles. The van der Waals surface area contributed by atoms with E-state index in [0.717, 1.165) is 77.8 Å². The number of hydrogen-bond donors (Lipinski definition) is 0. The Kier molecular flexibility index (Phi) is 8.17. The normalized spacial score (nSPS) is 27.0. The van der Waals surface area contributed by atoms with E-state index >= 15 is 0 Å². The first-order chi connectivity index (χ1) is 10.8. The molecule has 2 atom stereocenters. The summed E-state index contributed by atoms with van der Waals surface area (Å²) in [5.74, 6) is 0.724. The standard InChI is InChI=1S/C17H31N3O2/c1-2-17-14-16(4-11-22-17)15-20(6-3-5-18)8-7-19-9-12-21-13-10-19/h16-17H,2-4,6-15H2,1H3. The van der Waals surface area contributed by atoms with Crippen molar-refractivity contribution in [3.63, 3.8) is 0 Å². The van der Waals surface area contributed by atoms with E-state index in [1.807, 2.05) is 0 Å². The molecule has 2 rings (SSSR count). The van der Waals surface area contributed by atoms with E-state index in [4.69, 9.17) is 14.7 Å². The predicted molar refractivity (Wildman–Crippen MR) is 86.7 cm³/mol. The van der Waals surface area contributed by atoms with Crippen molar-refractivity contribution in [2.45, 2.75) is 38.7 Å². The van der Waals surface area contributed by atoms with Crippen LogP contribution in [0.15, 0.2) is 0 Å². The molecule has 0 bridgehead atoms. The van der Waals surface area contributed by atoms with Crippen LogP contribution < -0.4 is 0 Å². The van der Waals surface area contributed by atoms with Crippen molar-refractivity contribution in [3.05, 3.63) is 0 Å². The van der Waals surface area contributed by atoms with Gasteiger partial charge in [-0.15, -0.1) is 0 Å². The summed E-state index contributed by atoms with van der Waals surface area (Å²) in [5.41, 5.74) is 0. The summed E-state index contributed by atoms with van der Waals surface area (Å²) in [4.78, 5) is 4.96. The van der Waals surface area contributed by atoms with Crippen molar-refractivity contribution in [3.8, 4) is 6.07 Å². The first-order valence-corrected chi connectivity index (χ1v) is 8.82. The summed E-state index contributed by atoms with van der Waals surface area (Å²) in [6.45, 7) is 11.1. The summed E-state index contributed by atoms with van der Waals surface area (Å²) in [6, 6.07) is 2.29. The zero-order valence-electron chi connectivity index (χ0n) is 14.0. The highest BCUT2D eigenvalue weighted by molar-refractivity contribution is 4.78. The molecule has 2 heterocycles. The molecule has 2 saturated heterocycles. The minimum atomic E-state index is 0.441. The average Bonchev–Trinajstić information content (AvgIpc) is 2.58. The highest BCUT2D eigenvalue weighted by atomic mass is 16.5. The van der Waals surface area contributed by atoms with Crippen LogP contribution in [0.1, 0.15) is 32.6 Å². The summed E-state index contributed by atoms with van der Waals surface area (Å²) in [7, 11) is 0. The van der Waals surface area contributed by atoms with Gasteiger partial charge in [-0.25, -0.2) is 0 Å². The Balaban J connectivity index is 1.76. The molecule has 0 aromatic heterocycles. The molecular weight excluding hydrogens is 278 g/mol. The van der Waals surface area contributed by atoms with Crippen molar-refractivity contribution >= 4 is 0 Å². The molecule has 0 aromatic carbocycles. The highest BCUT2D eigenvalue weighted by Gasteiger charge is 2.23. The van der Waals surface area contributed by atoms with Gasteiger partial charge in [-0.1, -0.05) is 6.92 Å². The lowest BCUT2D eigenvalue weighted by Gasteiger charge is -2.34. The summed E-state index contributed by atoms with van der Waals surface area (Å²) >= 11 is 0. The Morgan fingerprint density at radius 2 is 2.05 bits per heavy atom. The zero-order chi connectivity index (χ0) is 15.6. The number of morpholine rings is 1. The number of nitrogens with zero attached hydrogens (tertiary/aromatic N) is 3. The number of rotatable bonds is 8.